The van der Waals surface area contributed by atoms with E-state index in [1.165, 1.54) is 44.9 Å². The van der Waals surface area contributed by atoms with Gasteiger partial charge in [0.15, 0.2) is 0 Å². The fourth-order valence-corrected chi connectivity index (χ4v) is 2.53. The molecule has 0 saturated carbocycles. The van der Waals surface area contributed by atoms with Gasteiger partial charge in [-0.2, -0.15) is 0 Å². The maximum Gasteiger partial charge on any atom is 0.311 e. The second kappa shape index (κ2) is 15.7. The number of rotatable bonds is 13. The van der Waals surface area contributed by atoms with E-state index in [-0.39, 0.29) is 16.8 Å². The van der Waals surface area contributed by atoms with E-state index < -0.39 is 0 Å². The molecule has 0 bridgehead atoms. The van der Waals surface area contributed by atoms with Crippen molar-refractivity contribution >= 4 is 5.97 Å². The number of ether oxygens (including phenoxy) is 1. The second-order valence-corrected chi connectivity index (χ2v) is 8.55. The largest absolute Gasteiger partial charge is 0.466 e. The minimum Gasteiger partial charge on any atom is -0.466 e. The number of aliphatic hydroxyl groups excluding tert-OH is 1. The van der Waals surface area contributed by atoms with E-state index in [0.717, 1.165) is 19.3 Å². The average molecular weight is 359 g/mol. The lowest BCUT2D eigenvalue weighted by Crippen LogP contribution is -2.26. The molecule has 152 valence electrons. The summed E-state index contributed by atoms with van der Waals surface area (Å²) in [5.41, 5.74) is -0.155. The topological polar surface area (TPSA) is 46.5 Å². The first-order chi connectivity index (χ1) is 11.7. The Labute approximate surface area is 157 Å². The molecule has 3 nitrogen and oxygen atoms in total. The molecule has 1 N–H and O–H groups in total. The van der Waals surface area contributed by atoms with Crippen molar-refractivity contribution in [2.24, 2.45) is 10.8 Å². The zero-order chi connectivity index (χ0) is 19.8. The van der Waals surface area contributed by atoms with Gasteiger partial charge in [0.1, 0.15) is 0 Å². The Morgan fingerprint density at radius 3 is 1.68 bits per heavy atom. The second-order valence-electron chi connectivity index (χ2n) is 8.55. The van der Waals surface area contributed by atoms with Crippen LogP contribution in [0.25, 0.3) is 0 Å². The summed E-state index contributed by atoms with van der Waals surface area (Å²) < 4.78 is 5.02. The van der Waals surface area contributed by atoms with E-state index in [9.17, 15) is 4.79 Å². The molecule has 0 amide bonds. The molecule has 0 heterocycles. The lowest BCUT2D eigenvalue weighted by Gasteiger charge is -2.21. The van der Waals surface area contributed by atoms with E-state index in [1.54, 1.807) is 0 Å². The molecule has 0 aromatic heterocycles. The van der Waals surface area contributed by atoms with E-state index in [2.05, 4.69) is 27.7 Å². The fourth-order valence-electron chi connectivity index (χ4n) is 2.53. The summed E-state index contributed by atoms with van der Waals surface area (Å²) in [7, 11) is 0. The Kier molecular flexibility index (Phi) is 16.7. The lowest BCUT2D eigenvalue weighted by atomic mass is 9.87. The number of aliphatic hydroxyl groups is 1. The van der Waals surface area contributed by atoms with Crippen molar-refractivity contribution in [3.63, 3.8) is 0 Å². The van der Waals surface area contributed by atoms with Gasteiger partial charge in [-0.05, 0) is 39.0 Å². The molecular formula is C22H46O3. The highest BCUT2D eigenvalue weighted by atomic mass is 16.5. The van der Waals surface area contributed by atoms with E-state index in [0.29, 0.717) is 13.2 Å². The van der Waals surface area contributed by atoms with Gasteiger partial charge in [-0.15, -0.1) is 0 Å². The van der Waals surface area contributed by atoms with Gasteiger partial charge < -0.3 is 9.84 Å². The predicted molar refractivity (Wildman–Crippen MR) is 109 cm³/mol. The van der Waals surface area contributed by atoms with Crippen molar-refractivity contribution in [2.75, 3.05) is 13.2 Å². The third-order valence-corrected chi connectivity index (χ3v) is 4.62. The van der Waals surface area contributed by atoms with Crippen LogP contribution in [0, 0.1) is 10.8 Å². The van der Waals surface area contributed by atoms with Crippen LogP contribution in [-0.2, 0) is 9.53 Å². The van der Waals surface area contributed by atoms with Crippen LogP contribution >= 0.6 is 0 Å². The minimum absolute atomic E-state index is 0.0588. The monoisotopic (exact) mass is 358 g/mol. The Morgan fingerprint density at radius 1 is 0.800 bits per heavy atom. The summed E-state index contributed by atoms with van der Waals surface area (Å²) in [4.78, 5) is 11.5. The van der Waals surface area contributed by atoms with Crippen LogP contribution in [0.1, 0.15) is 113 Å². The quantitative estimate of drug-likeness (QED) is 0.301. The van der Waals surface area contributed by atoms with Crippen LogP contribution < -0.4 is 0 Å². The standard InChI is InChI=1S/C12H24O2.C10H22O/c1-5-7-8-9-10-12(3,4)11(13)14-6-2;1-4-5-6-7-8-10(2,3)9-11/h5-10H2,1-4H3;11H,4-9H2,1-3H3. The van der Waals surface area contributed by atoms with Crippen LogP contribution in [0.4, 0.5) is 0 Å². The molecule has 0 spiro atoms. The molecule has 0 aliphatic carbocycles. The van der Waals surface area contributed by atoms with Gasteiger partial charge in [-0.25, -0.2) is 0 Å². The van der Waals surface area contributed by atoms with Crippen LogP contribution in [0.5, 0.6) is 0 Å². The Balaban J connectivity index is 0. The highest BCUT2D eigenvalue weighted by Crippen LogP contribution is 2.25. The molecule has 0 aliphatic heterocycles. The van der Waals surface area contributed by atoms with Crippen LogP contribution in [0.15, 0.2) is 0 Å². The molecule has 0 unspecified atom stereocenters. The molecule has 0 atom stereocenters. The van der Waals surface area contributed by atoms with Crippen molar-refractivity contribution in [2.45, 2.75) is 113 Å². The van der Waals surface area contributed by atoms with Gasteiger partial charge in [-0.3, -0.25) is 4.79 Å². The molecule has 0 rings (SSSR count). The molecule has 25 heavy (non-hydrogen) atoms. The smallest absolute Gasteiger partial charge is 0.311 e. The van der Waals surface area contributed by atoms with Gasteiger partial charge in [0.2, 0.25) is 0 Å². The number of carbonyl (C=O) groups is 1. The van der Waals surface area contributed by atoms with Gasteiger partial charge >= 0.3 is 5.97 Å². The number of hydrogen-bond donors (Lipinski definition) is 1. The highest BCUT2D eigenvalue weighted by molar-refractivity contribution is 5.75. The van der Waals surface area contributed by atoms with Crippen LogP contribution in [-0.4, -0.2) is 24.3 Å². The summed E-state index contributed by atoms with van der Waals surface area (Å²) in [6.07, 6.45) is 12.1. The average Bonchev–Trinajstić information content (AvgIpc) is 2.56. The summed E-state index contributed by atoms with van der Waals surface area (Å²) in [5.74, 6) is -0.0588. The molecule has 0 radical (unpaired) electrons. The van der Waals surface area contributed by atoms with Gasteiger partial charge in [0.25, 0.3) is 0 Å². The first-order valence-corrected chi connectivity index (χ1v) is 10.4. The van der Waals surface area contributed by atoms with E-state index in [4.69, 9.17) is 9.84 Å². The fraction of sp³-hybridized carbons (Fsp3) is 0.955. The molecule has 0 aromatic rings. The summed E-state index contributed by atoms with van der Waals surface area (Å²) in [6.45, 7) is 15.3. The normalized spacial score (nSPS) is 11.7. The minimum atomic E-state index is -0.302. The highest BCUT2D eigenvalue weighted by Gasteiger charge is 2.28. The zero-order valence-electron chi connectivity index (χ0n) is 18.2. The SMILES string of the molecule is CCCCCCC(C)(C)C(=O)OCC.CCCCCCC(C)(C)CO. The molecule has 3 heteroatoms. The van der Waals surface area contributed by atoms with Gasteiger partial charge in [-0.1, -0.05) is 79.1 Å². The van der Waals surface area contributed by atoms with Gasteiger partial charge in [0, 0.05) is 6.61 Å². The van der Waals surface area contributed by atoms with Crippen LogP contribution in [0.3, 0.4) is 0 Å². The maximum atomic E-state index is 11.5. The van der Waals surface area contributed by atoms with Crippen molar-refractivity contribution in [3.8, 4) is 0 Å². The third kappa shape index (κ3) is 16.6. The van der Waals surface area contributed by atoms with Crippen LogP contribution in [0.2, 0.25) is 0 Å². The van der Waals surface area contributed by atoms with E-state index in [1.807, 2.05) is 20.8 Å². The number of carbonyl (C=O) groups excluding carboxylic acids is 1. The Hall–Kier alpha value is -0.570. The van der Waals surface area contributed by atoms with Gasteiger partial charge in [0.05, 0.1) is 12.0 Å². The lowest BCUT2D eigenvalue weighted by molar-refractivity contribution is -0.153. The van der Waals surface area contributed by atoms with E-state index >= 15 is 0 Å². The predicted octanol–water partition coefficient (Wildman–Crippen LogP) is 6.52. The number of hydrogen-bond acceptors (Lipinski definition) is 3. The molecule has 0 aromatic carbocycles. The summed E-state index contributed by atoms with van der Waals surface area (Å²) >= 11 is 0. The van der Waals surface area contributed by atoms with Crippen molar-refractivity contribution < 1.29 is 14.6 Å². The summed E-state index contributed by atoms with van der Waals surface area (Å²) in [5, 5.41) is 8.95. The first kappa shape index (κ1) is 26.7. The Morgan fingerprint density at radius 2 is 1.28 bits per heavy atom. The van der Waals surface area contributed by atoms with Crippen molar-refractivity contribution in [1.29, 1.82) is 0 Å². The van der Waals surface area contributed by atoms with Crippen molar-refractivity contribution in [3.05, 3.63) is 0 Å². The zero-order valence-corrected chi connectivity index (χ0v) is 18.2. The molecular weight excluding hydrogens is 312 g/mol. The Bertz CT molecular complexity index is 308. The number of esters is 1. The molecule has 0 fully saturated rings. The molecule has 0 saturated heterocycles. The first-order valence-electron chi connectivity index (χ1n) is 10.4. The summed E-state index contributed by atoms with van der Waals surface area (Å²) in [6, 6.07) is 0. The molecule has 0 aliphatic rings. The number of unbranched alkanes of at least 4 members (excludes halogenated alkanes) is 6. The third-order valence-electron chi connectivity index (χ3n) is 4.62. The maximum absolute atomic E-state index is 11.5. The van der Waals surface area contributed by atoms with Crippen molar-refractivity contribution in [1.82, 2.24) is 0 Å².